The van der Waals surface area contributed by atoms with E-state index in [1.54, 1.807) is 9.80 Å². The number of nitrogens with zero attached hydrogens (tertiary/aromatic N) is 6. The Morgan fingerprint density at radius 3 is 1.31 bits per heavy atom. The van der Waals surface area contributed by atoms with Crippen molar-refractivity contribution in [2.45, 2.75) is 200 Å². The van der Waals surface area contributed by atoms with Crippen LogP contribution in [0.25, 0.3) is 45.0 Å². The van der Waals surface area contributed by atoms with Crippen LogP contribution >= 0.6 is 0 Å². The molecule has 2 aliphatic rings. The highest BCUT2D eigenvalue weighted by molar-refractivity contribution is 5.90. The molecule has 0 saturated carbocycles. The fourth-order valence-electron chi connectivity index (χ4n) is 11.7. The van der Waals surface area contributed by atoms with Gasteiger partial charge in [-0.1, -0.05) is 168 Å². The quantitative estimate of drug-likeness (QED) is 0.0252. The van der Waals surface area contributed by atoms with Crippen LogP contribution in [-0.2, 0) is 57.6 Å². The topological polar surface area (TPSA) is 216 Å². The maximum atomic E-state index is 14.1. The number of hydrogen-bond acceptors (Lipinski definition) is 15. The molecule has 0 unspecified atom stereocenters. The molecule has 9 rings (SSSR count). The van der Waals surface area contributed by atoms with Gasteiger partial charge in [0.15, 0.2) is 11.6 Å². The van der Waals surface area contributed by atoms with Crippen molar-refractivity contribution in [3.63, 3.8) is 0 Å². The molecule has 0 spiro atoms. The Morgan fingerprint density at radius 1 is 0.479 bits per heavy atom. The highest BCUT2D eigenvalue weighted by atomic mass is 16.6. The van der Waals surface area contributed by atoms with Gasteiger partial charge in [0, 0.05) is 60.1 Å². The maximum Gasteiger partial charge on any atom is 0.329 e. The van der Waals surface area contributed by atoms with E-state index in [1.165, 1.54) is 51.4 Å². The molecule has 4 atom stereocenters. The summed E-state index contributed by atoms with van der Waals surface area (Å²) in [5, 5.41) is 0. The Morgan fingerprint density at radius 2 is 0.885 bits per heavy atom. The number of esters is 3. The van der Waals surface area contributed by atoms with Crippen LogP contribution in [0.2, 0.25) is 0 Å². The van der Waals surface area contributed by atoms with Gasteiger partial charge in [-0.25, -0.2) is 29.5 Å². The first-order valence-corrected chi connectivity index (χ1v) is 34.5. The lowest BCUT2D eigenvalue weighted by Crippen LogP contribution is -2.50. The van der Waals surface area contributed by atoms with Crippen molar-refractivity contribution in [2.24, 2.45) is 11.7 Å². The van der Waals surface area contributed by atoms with Crippen molar-refractivity contribution in [3.05, 3.63) is 169 Å². The third kappa shape index (κ3) is 22.9. The fourth-order valence-corrected chi connectivity index (χ4v) is 11.7. The Labute approximate surface area is 568 Å². The molecule has 0 aliphatic carbocycles. The average Bonchev–Trinajstić information content (AvgIpc) is 1.51. The van der Waals surface area contributed by atoms with Gasteiger partial charge in [0.05, 0.1) is 31.6 Å². The molecule has 4 heterocycles. The summed E-state index contributed by atoms with van der Waals surface area (Å²) in [4.78, 5) is 87.6. The zero-order valence-electron chi connectivity index (χ0n) is 57.6. The van der Waals surface area contributed by atoms with E-state index in [0.29, 0.717) is 56.8 Å². The van der Waals surface area contributed by atoms with Gasteiger partial charge in [-0.05, 0) is 145 Å². The number of carbonyl (C=O) groups is 5. The molecule has 5 aromatic carbocycles. The second-order valence-corrected chi connectivity index (χ2v) is 27.1. The summed E-state index contributed by atoms with van der Waals surface area (Å²) in [6.45, 7) is 17.9. The predicted molar refractivity (Wildman–Crippen MR) is 375 cm³/mol. The average molecular weight is 1310 g/mol. The molecule has 2 amide bonds. The van der Waals surface area contributed by atoms with Crippen LogP contribution in [0.15, 0.2) is 152 Å². The van der Waals surface area contributed by atoms with Gasteiger partial charge >= 0.3 is 17.9 Å². The van der Waals surface area contributed by atoms with E-state index in [-0.39, 0.29) is 30.8 Å². The lowest BCUT2D eigenvalue weighted by Gasteiger charge is -2.30. The van der Waals surface area contributed by atoms with Crippen LogP contribution in [0.5, 0.6) is 11.5 Å². The number of nitrogens with two attached hydrogens (primary N) is 1. The van der Waals surface area contributed by atoms with Gasteiger partial charge in [0.25, 0.3) is 0 Å². The monoisotopic (exact) mass is 1310 g/mol. The summed E-state index contributed by atoms with van der Waals surface area (Å²) in [5.41, 5.74) is 13.3. The fraction of sp³-hybridized carbons (Fsp3) is 0.456. The first-order valence-electron chi connectivity index (χ1n) is 34.5. The van der Waals surface area contributed by atoms with Crippen LogP contribution < -0.4 is 15.2 Å². The molecule has 0 bridgehead atoms. The molecule has 2 saturated heterocycles. The molecule has 510 valence electrons. The highest BCUT2D eigenvalue weighted by Gasteiger charge is 2.41. The Hall–Kier alpha value is -8.83. The van der Waals surface area contributed by atoms with E-state index in [1.807, 2.05) is 194 Å². The van der Waals surface area contributed by atoms with Gasteiger partial charge in [-0.2, -0.15) is 0 Å². The van der Waals surface area contributed by atoms with E-state index in [9.17, 15) is 24.0 Å². The molecule has 2 aromatic heterocycles. The summed E-state index contributed by atoms with van der Waals surface area (Å²) in [7, 11) is 0. The van der Waals surface area contributed by atoms with E-state index in [2.05, 4.69) is 33.8 Å². The second kappa shape index (κ2) is 36.3. The van der Waals surface area contributed by atoms with Crippen molar-refractivity contribution in [1.82, 2.24) is 29.7 Å². The second-order valence-electron chi connectivity index (χ2n) is 27.1. The minimum Gasteiger partial charge on any atom is -0.494 e. The summed E-state index contributed by atoms with van der Waals surface area (Å²) in [6, 6.07) is 39.0. The van der Waals surface area contributed by atoms with Crippen molar-refractivity contribution in [2.75, 3.05) is 26.3 Å². The van der Waals surface area contributed by atoms with E-state index in [4.69, 9.17) is 29.4 Å². The smallest absolute Gasteiger partial charge is 0.329 e. The van der Waals surface area contributed by atoms with Gasteiger partial charge in [-0.15, -0.1) is 0 Å². The molecule has 2 fully saturated rings. The van der Waals surface area contributed by atoms with Crippen LogP contribution in [0.1, 0.15) is 168 Å². The molecule has 17 heteroatoms. The molecule has 0 radical (unpaired) electrons. The lowest BCUT2D eigenvalue weighted by molar-refractivity contribution is -0.164. The largest absolute Gasteiger partial charge is 0.494 e. The Balaban J connectivity index is 0.000000251. The zero-order chi connectivity index (χ0) is 68.5. The van der Waals surface area contributed by atoms with E-state index >= 15 is 0 Å². The number of carbonyl (C=O) groups excluding carboxylic acids is 5. The first-order chi connectivity index (χ1) is 46.2. The summed E-state index contributed by atoms with van der Waals surface area (Å²) >= 11 is 0. The van der Waals surface area contributed by atoms with Gasteiger partial charge in [-0.3, -0.25) is 14.4 Å². The Bertz CT molecular complexity index is 3540. The number of rotatable bonds is 30. The third-order valence-corrected chi connectivity index (χ3v) is 16.8. The summed E-state index contributed by atoms with van der Waals surface area (Å²) in [6.07, 6.45) is 22.5. The Kier molecular flexibility index (Phi) is 27.6. The lowest BCUT2D eigenvalue weighted by atomic mass is 9.93. The normalized spacial score (nSPS) is 15.2. The maximum absolute atomic E-state index is 14.1. The number of benzene rings is 5. The van der Waals surface area contributed by atoms with Gasteiger partial charge in [0.2, 0.25) is 11.8 Å². The predicted octanol–water partition coefficient (Wildman–Crippen LogP) is 15.1. The molecule has 2 aliphatic heterocycles. The molecular weight excluding hydrogens is 1210 g/mol. The number of ether oxygens (including phenoxy) is 5. The standard InChI is InChI=1S/C44H53N3O6.C35H46N4O4/c1-5-6-7-8-12-26-51-38-23-21-34(22-24-38)37-29-45-41(46-30-37)35-19-17-32(18-20-35)27-36(28-40(48)52-31-33-14-10-9-11-15-33)42(49)47-25-13-16-39(47)43(50)53-44(2,3)4;1-5-6-7-8-9-21-42-29-18-16-26(17-19-29)28-23-37-32(38-24-28)27-14-12-25(13-15-27)22-30(36)33(40)39-20-10-11-31(39)34(41)43-35(2,3)4/h9-11,14-15,17-24,29-30,36,39H,5-8,12-13,16,25-28,31H2,1-4H3;12-19,23-24,30-31H,5-11,20-22,36H2,1-4H3/t36-,39+;30-,31-/m10/s1. The minimum absolute atomic E-state index is 0.109. The van der Waals surface area contributed by atoms with Crippen LogP contribution in [0.4, 0.5) is 0 Å². The SMILES string of the molecule is CCCCCCCOc1ccc(-c2cnc(-c3ccc(C[C@H](CC(=O)OCc4ccccc4)C(=O)N4CCC[C@H]4C(=O)OC(C)(C)C)cc3)nc2)cc1.CCCCCCCOc1ccc(-c2cnc(-c3ccc(C[C@H](N)C(=O)N4CCC[C@H]4C(=O)OC(C)(C)C)cc3)nc2)cc1. The molecule has 96 heavy (non-hydrogen) atoms. The van der Waals surface area contributed by atoms with Gasteiger partial charge in [0.1, 0.15) is 41.4 Å². The van der Waals surface area contributed by atoms with Crippen LogP contribution in [-0.4, -0.2) is 115 Å². The van der Waals surface area contributed by atoms with Gasteiger partial charge < -0.3 is 39.2 Å². The summed E-state index contributed by atoms with van der Waals surface area (Å²) in [5.74, 6) is 0.497. The van der Waals surface area contributed by atoms with Crippen LogP contribution in [0, 0.1) is 5.92 Å². The number of likely N-dealkylation sites (tertiary alicyclic amines) is 2. The molecule has 7 aromatic rings. The number of unbranched alkanes of at least 4 members (excludes halogenated alkanes) is 8. The number of hydrogen-bond donors (Lipinski definition) is 1. The van der Waals surface area contributed by atoms with E-state index in [0.717, 1.165) is 94.0 Å². The first kappa shape index (κ1) is 73.0. The van der Waals surface area contributed by atoms with Crippen molar-refractivity contribution in [3.8, 4) is 56.5 Å². The van der Waals surface area contributed by atoms with Crippen molar-refractivity contribution < 1.29 is 47.7 Å². The zero-order valence-corrected chi connectivity index (χ0v) is 57.6. The van der Waals surface area contributed by atoms with Crippen molar-refractivity contribution in [1.29, 1.82) is 0 Å². The summed E-state index contributed by atoms with van der Waals surface area (Å²) < 4.78 is 28.5. The van der Waals surface area contributed by atoms with Crippen LogP contribution in [0.3, 0.4) is 0 Å². The molecule has 17 nitrogen and oxygen atoms in total. The number of amides is 2. The minimum atomic E-state index is -0.744. The van der Waals surface area contributed by atoms with Crippen molar-refractivity contribution >= 4 is 29.7 Å². The van der Waals surface area contributed by atoms with E-state index < -0.39 is 47.2 Å². The highest BCUT2D eigenvalue weighted by Crippen LogP contribution is 2.30. The molecular formula is C79H99N7O10. The third-order valence-electron chi connectivity index (χ3n) is 16.8. The molecule has 2 N–H and O–H groups in total. The number of aromatic nitrogens is 4.